The SMILES string of the molecule is O=CCC(=O)c1ccsc1. The van der Waals surface area contributed by atoms with E-state index in [0.29, 0.717) is 11.8 Å². The molecule has 0 N–H and O–H groups in total. The van der Waals surface area contributed by atoms with Crippen molar-refractivity contribution in [3.8, 4) is 0 Å². The number of aldehydes is 1. The van der Waals surface area contributed by atoms with Crippen molar-refractivity contribution in [1.29, 1.82) is 0 Å². The van der Waals surface area contributed by atoms with Crippen LogP contribution in [0, 0.1) is 0 Å². The molecule has 0 aliphatic carbocycles. The highest BCUT2D eigenvalue weighted by atomic mass is 32.1. The van der Waals surface area contributed by atoms with E-state index in [-0.39, 0.29) is 12.2 Å². The lowest BCUT2D eigenvalue weighted by atomic mass is 10.2. The summed E-state index contributed by atoms with van der Waals surface area (Å²) >= 11 is 1.46. The first kappa shape index (κ1) is 7.15. The highest BCUT2D eigenvalue weighted by Crippen LogP contribution is 2.07. The molecule has 0 aromatic carbocycles. The van der Waals surface area contributed by atoms with Crippen LogP contribution in [0.2, 0.25) is 0 Å². The zero-order chi connectivity index (χ0) is 7.40. The molecule has 0 spiro atoms. The summed E-state index contributed by atoms with van der Waals surface area (Å²) in [4.78, 5) is 20.8. The van der Waals surface area contributed by atoms with Crippen molar-refractivity contribution in [2.75, 3.05) is 0 Å². The summed E-state index contributed by atoms with van der Waals surface area (Å²) in [5.41, 5.74) is 0.636. The van der Waals surface area contributed by atoms with Gasteiger partial charge in [0.25, 0.3) is 0 Å². The Labute approximate surface area is 62.5 Å². The molecule has 1 aromatic heterocycles. The lowest BCUT2D eigenvalue weighted by Crippen LogP contribution is -1.96. The highest BCUT2D eigenvalue weighted by Gasteiger charge is 2.02. The first-order chi connectivity index (χ1) is 4.84. The van der Waals surface area contributed by atoms with E-state index >= 15 is 0 Å². The van der Waals surface area contributed by atoms with Crippen LogP contribution < -0.4 is 0 Å². The maximum atomic E-state index is 10.9. The molecule has 1 rings (SSSR count). The van der Waals surface area contributed by atoms with E-state index in [2.05, 4.69) is 0 Å². The number of carbonyl (C=O) groups excluding carboxylic acids is 2. The minimum absolute atomic E-state index is 0.00324. The minimum atomic E-state index is -0.101. The van der Waals surface area contributed by atoms with Gasteiger partial charge < -0.3 is 4.79 Å². The van der Waals surface area contributed by atoms with Crippen molar-refractivity contribution in [1.82, 2.24) is 0 Å². The van der Waals surface area contributed by atoms with Crippen LogP contribution in [-0.4, -0.2) is 12.1 Å². The van der Waals surface area contributed by atoms with E-state index in [4.69, 9.17) is 0 Å². The van der Waals surface area contributed by atoms with Gasteiger partial charge in [-0.25, -0.2) is 0 Å². The Morgan fingerprint density at radius 2 is 2.50 bits per heavy atom. The standard InChI is InChI=1S/C7H6O2S/c8-3-1-7(9)6-2-4-10-5-6/h2-5H,1H2. The van der Waals surface area contributed by atoms with Gasteiger partial charge in [0.1, 0.15) is 6.29 Å². The predicted octanol–water partition coefficient (Wildman–Crippen LogP) is 1.52. The van der Waals surface area contributed by atoms with Gasteiger partial charge in [-0.15, -0.1) is 0 Å². The van der Waals surface area contributed by atoms with Crippen LogP contribution in [0.15, 0.2) is 16.8 Å². The van der Waals surface area contributed by atoms with Crippen LogP contribution in [0.3, 0.4) is 0 Å². The molecule has 1 heterocycles. The topological polar surface area (TPSA) is 34.1 Å². The van der Waals surface area contributed by atoms with Gasteiger partial charge >= 0.3 is 0 Å². The maximum Gasteiger partial charge on any atom is 0.170 e. The molecule has 0 fully saturated rings. The van der Waals surface area contributed by atoms with Gasteiger partial charge in [-0.1, -0.05) is 0 Å². The minimum Gasteiger partial charge on any atom is -0.303 e. The molecule has 0 radical (unpaired) electrons. The fourth-order valence-corrected chi connectivity index (χ4v) is 1.28. The monoisotopic (exact) mass is 154 g/mol. The lowest BCUT2D eigenvalue weighted by Gasteiger charge is -1.86. The van der Waals surface area contributed by atoms with Crippen molar-refractivity contribution in [3.63, 3.8) is 0 Å². The molecule has 10 heavy (non-hydrogen) atoms. The lowest BCUT2D eigenvalue weighted by molar-refractivity contribution is -0.107. The third-order valence-corrected chi connectivity index (χ3v) is 1.80. The van der Waals surface area contributed by atoms with Gasteiger partial charge in [-0.2, -0.15) is 11.3 Å². The van der Waals surface area contributed by atoms with Crippen molar-refractivity contribution in [3.05, 3.63) is 22.4 Å². The third kappa shape index (κ3) is 1.51. The van der Waals surface area contributed by atoms with E-state index in [1.807, 2.05) is 5.38 Å². The summed E-state index contributed by atoms with van der Waals surface area (Å²) in [7, 11) is 0. The van der Waals surface area contributed by atoms with Crippen molar-refractivity contribution in [2.24, 2.45) is 0 Å². The van der Waals surface area contributed by atoms with E-state index in [1.54, 1.807) is 11.4 Å². The first-order valence-corrected chi connectivity index (χ1v) is 3.78. The van der Waals surface area contributed by atoms with Crippen LogP contribution in [0.5, 0.6) is 0 Å². The molecule has 0 saturated heterocycles. The molecular weight excluding hydrogens is 148 g/mol. The number of rotatable bonds is 3. The van der Waals surface area contributed by atoms with Crippen LogP contribution in [0.25, 0.3) is 0 Å². The Morgan fingerprint density at radius 3 is 3.00 bits per heavy atom. The second-order valence-corrected chi connectivity index (χ2v) is 2.59. The summed E-state index contributed by atoms with van der Waals surface area (Å²) < 4.78 is 0. The van der Waals surface area contributed by atoms with Crippen molar-refractivity contribution in [2.45, 2.75) is 6.42 Å². The van der Waals surface area contributed by atoms with Gasteiger partial charge in [0.05, 0.1) is 6.42 Å². The van der Waals surface area contributed by atoms with Gasteiger partial charge in [0.15, 0.2) is 5.78 Å². The fraction of sp³-hybridized carbons (Fsp3) is 0.143. The number of carbonyl (C=O) groups is 2. The molecule has 1 aromatic rings. The number of hydrogen-bond acceptors (Lipinski definition) is 3. The molecule has 0 aliphatic heterocycles. The Morgan fingerprint density at radius 1 is 1.70 bits per heavy atom. The zero-order valence-corrected chi connectivity index (χ0v) is 6.06. The highest BCUT2D eigenvalue weighted by molar-refractivity contribution is 7.08. The van der Waals surface area contributed by atoms with Crippen LogP contribution in [-0.2, 0) is 4.79 Å². The quantitative estimate of drug-likeness (QED) is 0.376. The normalized spacial score (nSPS) is 9.20. The van der Waals surface area contributed by atoms with E-state index < -0.39 is 0 Å². The molecule has 2 nitrogen and oxygen atoms in total. The Bertz CT molecular complexity index is 226. The second-order valence-electron chi connectivity index (χ2n) is 1.81. The molecule has 0 amide bonds. The first-order valence-electron chi connectivity index (χ1n) is 2.83. The van der Waals surface area contributed by atoms with Crippen LogP contribution in [0.4, 0.5) is 0 Å². The molecule has 0 saturated carbocycles. The molecule has 52 valence electrons. The summed E-state index contributed by atoms with van der Waals surface area (Å²) in [5, 5.41) is 3.56. The Balaban J connectivity index is 2.68. The number of Topliss-reactive ketones (excluding diaryl/α,β-unsaturated/α-hetero) is 1. The summed E-state index contributed by atoms with van der Waals surface area (Å²) in [5.74, 6) is -0.101. The van der Waals surface area contributed by atoms with E-state index in [9.17, 15) is 9.59 Å². The molecular formula is C7H6O2S. The molecule has 0 bridgehead atoms. The van der Waals surface area contributed by atoms with Crippen LogP contribution >= 0.6 is 11.3 Å². The largest absolute Gasteiger partial charge is 0.303 e. The zero-order valence-electron chi connectivity index (χ0n) is 5.24. The van der Waals surface area contributed by atoms with Gasteiger partial charge in [-0.3, -0.25) is 4.79 Å². The average molecular weight is 154 g/mol. The number of thiophene rings is 1. The molecule has 0 atom stereocenters. The second kappa shape index (κ2) is 3.27. The summed E-state index contributed by atoms with van der Waals surface area (Å²) in [6.45, 7) is 0. The van der Waals surface area contributed by atoms with Crippen molar-refractivity contribution >= 4 is 23.4 Å². The fourth-order valence-electron chi connectivity index (χ4n) is 0.617. The Kier molecular flexibility index (Phi) is 2.34. The summed E-state index contributed by atoms with van der Waals surface area (Å²) in [6.07, 6.45) is 0.622. The van der Waals surface area contributed by atoms with E-state index in [1.165, 1.54) is 11.3 Å². The van der Waals surface area contributed by atoms with Gasteiger partial charge in [0.2, 0.25) is 0 Å². The molecule has 3 heteroatoms. The molecule has 0 aliphatic rings. The Hall–Kier alpha value is -0.960. The van der Waals surface area contributed by atoms with Gasteiger partial charge in [-0.05, 0) is 11.4 Å². The van der Waals surface area contributed by atoms with Crippen LogP contribution in [0.1, 0.15) is 16.8 Å². The number of ketones is 1. The predicted molar refractivity (Wildman–Crippen MR) is 39.3 cm³/mol. The third-order valence-electron chi connectivity index (χ3n) is 1.11. The molecule has 0 unspecified atom stereocenters. The number of hydrogen-bond donors (Lipinski definition) is 0. The smallest absolute Gasteiger partial charge is 0.170 e. The maximum absolute atomic E-state index is 10.9. The van der Waals surface area contributed by atoms with Gasteiger partial charge in [0, 0.05) is 10.9 Å². The average Bonchev–Trinajstić information content (AvgIpc) is 2.38. The summed E-state index contributed by atoms with van der Waals surface area (Å²) in [6, 6.07) is 1.72. The van der Waals surface area contributed by atoms with E-state index in [0.717, 1.165) is 0 Å². The van der Waals surface area contributed by atoms with Crippen molar-refractivity contribution < 1.29 is 9.59 Å².